The number of halogens is 3. The van der Waals surface area contributed by atoms with Gasteiger partial charge < -0.3 is 14.9 Å². The first kappa shape index (κ1) is 12.0. The fourth-order valence-electron chi connectivity index (χ4n) is 1.04. The van der Waals surface area contributed by atoms with E-state index in [1.54, 1.807) is 13.0 Å². The van der Waals surface area contributed by atoms with Crippen LogP contribution in [-0.4, -0.2) is 29.1 Å². The van der Waals surface area contributed by atoms with Crippen LogP contribution in [0.2, 0.25) is 0 Å². The van der Waals surface area contributed by atoms with E-state index in [0.717, 1.165) is 0 Å². The molecule has 0 radical (unpaired) electrons. The number of nitrogens with zero attached hydrogens (tertiary/aromatic N) is 1. The third-order valence-corrected chi connectivity index (χ3v) is 1.80. The summed E-state index contributed by atoms with van der Waals surface area (Å²) in [5, 5.41) is 13.6. The minimum absolute atomic E-state index is 0.254. The van der Waals surface area contributed by atoms with Crippen LogP contribution in [0.4, 0.5) is 13.2 Å². The largest absolute Gasteiger partial charge is 0.419 e. The number of alkyl halides is 3. The van der Waals surface area contributed by atoms with Crippen LogP contribution < -0.4 is 5.32 Å². The number of aliphatic hydroxyl groups excluding tert-OH is 1. The summed E-state index contributed by atoms with van der Waals surface area (Å²) in [6.45, 7) is 1.51. The van der Waals surface area contributed by atoms with Gasteiger partial charge in [0.15, 0.2) is 6.10 Å². The molecule has 0 amide bonds. The van der Waals surface area contributed by atoms with E-state index in [9.17, 15) is 13.2 Å². The standard InChI is InChI=1S/C8H11F3N2O2/c1-5-2-6(13-15-5)3-12-4-7(14)8(9,10)11/h2,7,12,14H,3-4H2,1H3/p+1/t7-/m1/s1. The highest BCUT2D eigenvalue weighted by Gasteiger charge is 2.39. The molecule has 0 aromatic carbocycles. The zero-order valence-corrected chi connectivity index (χ0v) is 8.08. The summed E-state index contributed by atoms with van der Waals surface area (Å²) in [5.74, 6) is 0.606. The van der Waals surface area contributed by atoms with Crippen molar-refractivity contribution >= 4 is 0 Å². The van der Waals surface area contributed by atoms with E-state index >= 15 is 0 Å². The van der Waals surface area contributed by atoms with E-state index in [4.69, 9.17) is 9.63 Å². The van der Waals surface area contributed by atoms with Gasteiger partial charge in [-0.1, -0.05) is 5.16 Å². The molecule has 1 aromatic rings. The lowest BCUT2D eigenvalue weighted by Gasteiger charge is -2.12. The molecule has 7 heteroatoms. The van der Waals surface area contributed by atoms with Crippen LogP contribution in [0.5, 0.6) is 0 Å². The molecule has 1 atom stereocenters. The summed E-state index contributed by atoms with van der Waals surface area (Å²) in [4.78, 5) is 0. The minimum atomic E-state index is -4.56. The molecular weight excluding hydrogens is 213 g/mol. The van der Waals surface area contributed by atoms with Crippen molar-refractivity contribution in [3.63, 3.8) is 0 Å². The molecule has 1 aromatic heterocycles. The van der Waals surface area contributed by atoms with Crippen molar-refractivity contribution in [3.05, 3.63) is 17.5 Å². The SMILES string of the molecule is Cc1cc(C[NH2+]C[C@@H](O)C(F)(F)F)no1. The number of rotatable bonds is 4. The van der Waals surface area contributed by atoms with Gasteiger partial charge in [0, 0.05) is 6.07 Å². The maximum absolute atomic E-state index is 11.9. The molecule has 3 N–H and O–H groups in total. The van der Waals surface area contributed by atoms with Crippen molar-refractivity contribution in [3.8, 4) is 0 Å². The van der Waals surface area contributed by atoms with E-state index in [1.165, 1.54) is 5.32 Å². The van der Waals surface area contributed by atoms with E-state index < -0.39 is 18.8 Å². The van der Waals surface area contributed by atoms with Crippen LogP contribution in [0, 0.1) is 6.92 Å². The second-order valence-corrected chi connectivity index (χ2v) is 3.21. The molecule has 86 valence electrons. The Morgan fingerprint density at radius 1 is 1.60 bits per heavy atom. The predicted octanol–water partition coefficient (Wildman–Crippen LogP) is -0.0304. The maximum Gasteiger partial charge on any atom is 0.419 e. The van der Waals surface area contributed by atoms with Gasteiger partial charge >= 0.3 is 6.18 Å². The highest BCUT2D eigenvalue weighted by Crippen LogP contribution is 2.18. The lowest BCUT2D eigenvalue weighted by Crippen LogP contribution is -2.85. The molecule has 0 unspecified atom stereocenters. The first-order valence-corrected chi connectivity index (χ1v) is 4.38. The predicted molar refractivity (Wildman–Crippen MR) is 43.8 cm³/mol. The summed E-state index contributed by atoms with van der Waals surface area (Å²) >= 11 is 0. The van der Waals surface area contributed by atoms with E-state index in [0.29, 0.717) is 11.5 Å². The average molecular weight is 225 g/mol. The minimum Gasteiger partial charge on any atom is -0.379 e. The molecule has 0 fully saturated rings. The smallest absolute Gasteiger partial charge is 0.379 e. The van der Waals surface area contributed by atoms with Gasteiger partial charge in [0.1, 0.15) is 24.5 Å². The fraction of sp³-hybridized carbons (Fsp3) is 0.625. The van der Waals surface area contributed by atoms with Gasteiger partial charge in [-0.05, 0) is 6.92 Å². The summed E-state index contributed by atoms with van der Waals surface area (Å²) < 4.78 is 40.4. The summed E-state index contributed by atoms with van der Waals surface area (Å²) in [7, 11) is 0. The summed E-state index contributed by atoms with van der Waals surface area (Å²) in [5.41, 5.74) is 0.557. The van der Waals surface area contributed by atoms with Crippen molar-refractivity contribution in [2.45, 2.75) is 25.7 Å². The van der Waals surface area contributed by atoms with Crippen LogP contribution >= 0.6 is 0 Å². The van der Waals surface area contributed by atoms with Gasteiger partial charge in [0.25, 0.3) is 0 Å². The zero-order valence-electron chi connectivity index (χ0n) is 8.08. The van der Waals surface area contributed by atoms with E-state index in [2.05, 4.69) is 5.16 Å². The Balaban J connectivity index is 2.28. The number of quaternary nitrogens is 1. The van der Waals surface area contributed by atoms with Crippen molar-refractivity contribution in [2.24, 2.45) is 0 Å². The Morgan fingerprint density at radius 3 is 2.73 bits per heavy atom. The number of nitrogens with two attached hydrogens (primary N) is 1. The summed E-state index contributed by atoms with van der Waals surface area (Å²) in [6.07, 6.45) is -6.86. The molecule has 15 heavy (non-hydrogen) atoms. The molecule has 4 nitrogen and oxygen atoms in total. The molecule has 0 aliphatic rings. The highest BCUT2D eigenvalue weighted by molar-refractivity contribution is 5.01. The molecule has 0 spiro atoms. The second-order valence-electron chi connectivity index (χ2n) is 3.21. The Kier molecular flexibility index (Phi) is 3.70. The molecule has 1 heterocycles. The van der Waals surface area contributed by atoms with Gasteiger partial charge in [-0.25, -0.2) is 0 Å². The Hall–Kier alpha value is -1.08. The molecular formula is C8H12F3N2O2+. The second kappa shape index (κ2) is 4.63. The first-order chi connectivity index (χ1) is 6.89. The van der Waals surface area contributed by atoms with Gasteiger partial charge in [0.2, 0.25) is 0 Å². The third kappa shape index (κ3) is 3.88. The molecule has 0 saturated heterocycles. The van der Waals surface area contributed by atoms with Gasteiger partial charge in [-0.3, -0.25) is 0 Å². The zero-order chi connectivity index (χ0) is 11.5. The van der Waals surface area contributed by atoms with E-state index in [-0.39, 0.29) is 6.54 Å². The average Bonchev–Trinajstić information content (AvgIpc) is 2.49. The van der Waals surface area contributed by atoms with Crippen LogP contribution in [0.25, 0.3) is 0 Å². The first-order valence-electron chi connectivity index (χ1n) is 4.38. The molecule has 0 aliphatic heterocycles. The van der Waals surface area contributed by atoms with Crippen molar-refractivity contribution in [1.29, 1.82) is 0 Å². The third-order valence-electron chi connectivity index (χ3n) is 1.80. The summed E-state index contributed by atoms with van der Waals surface area (Å²) in [6, 6.07) is 1.64. The Morgan fingerprint density at radius 2 is 2.27 bits per heavy atom. The van der Waals surface area contributed by atoms with Gasteiger partial charge in [-0.15, -0.1) is 0 Å². The van der Waals surface area contributed by atoms with Crippen molar-refractivity contribution < 1.29 is 28.1 Å². The van der Waals surface area contributed by atoms with Crippen molar-refractivity contribution in [1.82, 2.24) is 5.16 Å². The lowest BCUT2D eigenvalue weighted by atomic mass is 10.3. The maximum atomic E-state index is 11.9. The quantitative estimate of drug-likeness (QED) is 0.756. The molecule has 0 saturated carbocycles. The molecule has 0 aliphatic carbocycles. The number of aliphatic hydroxyl groups is 1. The fourth-order valence-corrected chi connectivity index (χ4v) is 1.04. The normalized spacial score (nSPS) is 14.2. The number of aryl methyl sites for hydroxylation is 1. The topological polar surface area (TPSA) is 62.9 Å². The van der Waals surface area contributed by atoms with E-state index in [1.807, 2.05) is 0 Å². The number of hydrogen-bond acceptors (Lipinski definition) is 3. The number of aromatic nitrogens is 1. The molecule has 0 bridgehead atoms. The van der Waals surface area contributed by atoms with Crippen LogP contribution in [-0.2, 0) is 6.54 Å². The van der Waals surface area contributed by atoms with Crippen molar-refractivity contribution in [2.75, 3.05) is 6.54 Å². The van der Waals surface area contributed by atoms with Crippen LogP contribution in [0.1, 0.15) is 11.5 Å². The monoisotopic (exact) mass is 225 g/mol. The van der Waals surface area contributed by atoms with Crippen LogP contribution in [0.3, 0.4) is 0 Å². The highest BCUT2D eigenvalue weighted by atomic mass is 19.4. The Bertz CT molecular complexity index is 311. The van der Waals surface area contributed by atoms with Gasteiger partial charge in [-0.2, -0.15) is 13.2 Å². The van der Waals surface area contributed by atoms with Crippen LogP contribution in [0.15, 0.2) is 10.6 Å². The lowest BCUT2D eigenvalue weighted by molar-refractivity contribution is -0.680. The Labute approximate surface area is 84.1 Å². The number of hydrogen-bond donors (Lipinski definition) is 2. The van der Waals surface area contributed by atoms with Gasteiger partial charge in [0.05, 0.1) is 0 Å². The molecule has 1 rings (SSSR count).